The fourth-order valence-electron chi connectivity index (χ4n) is 2.07. The van der Waals surface area contributed by atoms with Crippen molar-refractivity contribution in [3.8, 4) is 0 Å². The summed E-state index contributed by atoms with van der Waals surface area (Å²) < 4.78 is 22.5. The largest absolute Gasteiger partial charge is 0.317 e. The molecule has 1 aliphatic heterocycles. The summed E-state index contributed by atoms with van der Waals surface area (Å²) in [4.78, 5) is 0. The molecule has 1 aliphatic rings. The topological polar surface area (TPSA) is 46.2 Å². The summed E-state index contributed by atoms with van der Waals surface area (Å²) in [5.74, 6) is 1.12. The van der Waals surface area contributed by atoms with E-state index in [1.165, 1.54) is 0 Å². The van der Waals surface area contributed by atoms with E-state index in [1.807, 2.05) is 7.05 Å². The predicted octanol–water partition coefficient (Wildman–Crippen LogP) is 0.809. The van der Waals surface area contributed by atoms with Gasteiger partial charge in [-0.05, 0) is 25.8 Å². The second-order valence-corrected chi connectivity index (χ2v) is 6.08. The summed E-state index contributed by atoms with van der Waals surface area (Å²) >= 11 is 0. The van der Waals surface area contributed by atoms with E-state index < -0.39 is 9.84 Å². The Morgan fingerprint density at radius 3 is 2.62 bits per heavy atom. The average molecular weight is 205 g/mol. The first-order valence-electron chi connectivity index (χ1n) is 4.96. The van der Waals surface area contributed by atoms with Crippen molar-refractivity contribution in [2.75, 3.05) is 18.6 Å². The number of hydrogen-bond acceptors (Lipinski definition) is 3. The third-order valence-electron chi connectivity index (χ3n) is 2.81. The van der Waals surface area contributed by atoms with Crippen LogP contribution in [0.15, 0.2) is 0 Å². The standard InChI is InChI=1S/C9H19NO2S/c1-3-4-9(10-2)8-5-6-13(11,12)7-8/h8-10H,3-7H2,1-2H3. The normalized spacial score (nSPS) is 28.9. The van der Waals surface area contributed by atoms with Gasteiger partial charge in [0.1, 0.15) is 0 Å². The highest BCUT2D eigenvalue weighted by Gasteiger charge is 2.32. The molecule has 0 bridgehead atoms. The summed E-state index contributed by atoms with van der Waals surface area (Å²) in [5.41, 5.74) is 0. The van der Waals surface area contributed by atoms with Crippen molar-refractivity contribution in [3.05, 3.63) is 0 Å². The van der Waals surface area contributed by atoms with Crippen molar-refractivity contribution in [2.24, 2.45) is 5.92 Å². The highest BCUT2D eigenvalue weighted by atomic mass is 32.2. The van der Waals surface area contributed by atoms with Crippen LogP contribution in [0.5, 0.6) is 0 Å². The van der Waals surface area contributed by atoms with Crippen molar-refractivity contribution in [3.63, 3.8) is 0 Å². The molecule has 3 nitrogen and oxygen atoms in total. The van der Waals surface area contributed by atoms with Gasteiger partial charge in [-0.3, -0.25) is 0 Å². The quantitative estimate of drug-likeness (QED) is 0.739. The van der Waals surface area contributed by atoms with Gasteiger partial charge in [-0.15, -0.1) is 0 Å². The first-order valence-corrected chi connectivity index (χ1v) is 6.79. The Labute approximate surface area is 80.8 Å². The maximum absolute atomic E-state index is 11.2. The lowest BCUT2D eigenvalue weighted by atomic mass is 9.96. The van der Waals surface area contributed by atoms with E-state index in [1.54, 1.807) is 0 Å². The highest BCUT2D eigenvalue weighted by molar-refractivity contribution is 7.91. The van der Waals surface area contributed by atoms with Gasteiger partial charge >= 0.3 is 0 Å². The summed E-state index contributed by atoms with van der Waals surface area (Å²) in [6, 6.07) is 0.391. The van der Waals surface area contributed by atoms with Gasteiger partial charge in [-0.2, -0.15) is 0 Å². The van der Waals surface area contributed by atoms with Gasteiger partial charge in [-0.25, -0.2) is 8.42 Å². The summed E-state index contributed by atoms with van der Waals surface area (Å²) in [6.45, 7) is 2.13. The van der Waals surface area contributed by atoms with Crippen molar-refractivity contribution in [1.82, 2.24) is 5.32 Å². The van der Waals surface area contributed by atoms with Crippen LogP contribution >= 0.6 is 0 Å². The molecule has 0 aromatic heterocycles. The third-order valence-corrected chi connectivity index (χ3v) is 4.60. The molecule has 0 aromatic carbocycles. The Kier molecular flexibility index (Phi) is 3.74. The monoisotopic (exact) mass is 205 g/mol. The molecular formula is C9H19NO2S. The van der Waals surface area contributed by atoms with Gasteiger partial charge in [0.15, 0.2) is 9.84 Å². The van der Waals surface area contributed by atoms with Crippen LogP contribution in [0.2, 0.25) is 0 Å². The van der Waals surface area contributed by atoms with E-state index in [4.69, 9.17) is 0 Å². The van der Waals surface area contributed by atoms with E-state index in [-0.39, 0.29) is 0 Å². The second-order valence-electron chi connectivity index (χ2n) is 3.85. The highest BCUT2D eigenvalue weighted by Crippen LogP contribution is 2.23. The van der Waals surface area contributed by atoms with Crippen molar-refractivity contribution >= 4 is 9.84 Å². The summed E-state index contributed by atoms with van der Waals surface area (Å²) in [5, 5.41) is 3.22. The van der Waals surface area contributed by atoms with E-state index >= 15 is 0 Å². The molecule has 0 amide bonds. The summed E-state index contributed by atoms with van der Waals surface area (Å²) in [7, 11) is -0.787. The third kappa shape index (κ3) is 2.95. The van der Waals surface area contributed by atoms with Crippen LogP contribution in [0.4, 0.5) is 0 Å². The van der Waals surface area contributed by atoms with Gasteiger partial charge in [0, 0.05) is 6.04 Å². The van der Waals surface area contributed by atoms with Crippen LogP contribution in [-0.4, -0.2) is 33.0 Å². The molecule has 0 aromatic rings. The predicted molar refractivity (Wildman–Crippen MR) is 54.5 cm³/mol. The van der Waals surface area contributed by atoms with Crippen LogP contribution in [0.25, 0.3) is 0 Å². The van der Waals surface area contributed by atoms with Gasteiger partial charge in [0.25, 0.3) is 0 Å². The van der Waals surface area contributed by atoms with Crippen LogP contribution in [0.3, 0.4) is 0 Å². The van der Waals surface area contributed by atoms with E-state index in [9.17, 15) is 8.42 Å². The zero-order valence-electron chi connectivity index (χ0n) is 8.41. The van der Waals surface area contributed by atoms with Gasteiger partial charge < -0.3 is 5.32 Å². The molecule has 0 saturated carbocycles. The molecule has 0 aliphatic carbocycles. The Balaban J connectivity index is 2.52. The maximum atomic E-state index is 11.2. The number of nitrogens with one attached hydrogen (secondary N) is 1. The minimum absolute atomic E-state index is 0.343. The molecule has 78 valence electrons. The van der Waals surface area contributed by atoms with Crippen LogP contribution in [-0.2, 0) is 9.84 Å². The number of rotatable bonds is 4. The minimum atomic E-state index is -2.71. The van der Waals surface area contributed by atoms with Crippen molar-refractivity contribution < 1.29 is 8.42 Å². The molecular weight excluding hydrogens is 186 g/mol. The second kappa shape index (κ2) is 4.42. The zero-order valence-corrected chi connectivity index (χ0v) is 9.23. The fourth-order valence-corrected chi connectivity index (χ4v) is 3.95. The first-order chi connectivity index (χ1) is 6.09. The molecule has 2 atom stereocenters. The Hall–Kier alpha value is -0.0900. The van der Waals surface area contributed by atoms with Crippen molar-refractivity contribution in [1.29, 1.82) is 0 Å². The molecule has 1 N–H and O–H groups in total. The minimum Gasteiger partial charge on any atom is -0.317 e. The fraction of sp³-hybridized carbons (Fsp3) is 1.00. The molecule has 1 saturated heterocycles. The lowest BCUT2D eigenvalue weighted by Crippen LogP contribution is -2.34. The molecule has 0 spiro atoms. The summed E-state index contributed by atoms with van der Waals surface area (Å²) in [6.07, 6.45) is 3.03. The molecule has 13 heavy (non-hydrogen) atoms. The van der Waals surface area contributed by atoms with E-state index in [0.717, 1.165) is 19.3 Å². The molecule has 1 rings (SSSR count). The van der Waals surface area contributed by atoms with Gasteiger partial charge in [0.05, 0.1) is 11.5 Å². The molecule has 4 heteroatoms. The van der Waals surface area contributed by atoms with E-state index in [0.29, 0.717) is 23.5 Å². The number of hydrogen-bond donors (Lipinski definition) is 1. The van der Waals surface area contributed by atoms with Crippen LogP contribution in [0, 0.1) is 5.92 Å². The lowest BCUT2D eigenvalue weighted by Gasteiger charge is -2.20. The van der Waals surface area contributed by atoms with Crippen LogP contribution < -0.4 is 5.32 Å². The lowest BCUT2D eigenvalue weighted by molar-refractivity contribution is 0.380. The van der Waals surface area contributed by atoms with Crippen molar-refractivity contribution in [2.45, 2.75) is 32.2 Å². The zero-order chi connectivity index (χ0) is 9.90. The molecule has 0 radical (unpaired) electrons. The smallest absolute Gasteiger partial charge is 0.150 e. The maximum Gasteiger partial charge on any atom is 0.150 e. The van der Waals surface area contributed by atoms with Gasteiger partial charge in [-0.1, -0.05) is 13.3 Å². The first kappa shape index (κ1) is 11.0. The number of sulfone groups is 1. The van der Waals surface area contributed by atoms with Gasteiger partial charge in [0.2, 0.25) is 0 Å². The molecule has 1 fully saturated rings. The Morgan fingerprint density at radius 1 is 1.54 bits per heavy atom. The molecule has 1 heterocycles. The SMILES string of the molecule is CCCC(NC)C1CCS(=O)(=O)C1. The Bertz CT molecular complexity index is 248. The Morgan fingerprint density at radius 2 is 2.23 bits per heavy atom. The average Bonchev–Trinajstić information content (AvgIpc) is 2.42. The molecule has 2 unspecified atom stereocenters. The van der Waals surface area contributed by atoms with E-state index in [2.05, 4.69) is 12.2 Å². The van der Waals surface area contributed by atoms with Crippen LogP contribution in [0.1, 0.15) is 26.2 Å².